The fourth-order valence-electron chi connectivity index (χ4n) is 1.30. The van der Waals surface area contributed by atoms with E-state index in [1.165, 1.54) is 0 Å². The van der Waals surface area contributed by atoms with Crippen LogP contribution in [0.25, 0.3) is 0 Å². The molecule has 15 heavy (non-hydrogen) atoms. The predicted octanol–water partition coefficient (Wildman–Crippen LogP) is 1.41. The molecule has 0 aromatic rings. The minimum Gasteiger partial charge on any atom is -0.388 e. The van der Waals surface area contributed by atoms with Gasteiger partial charge in [0.15, 0.2) is 0 Å². The third-order valence-corrected chi connectivity index (χ3v) is 4.43. The number of carbonyl (C=O) groups is 1. The first-order valence-corrected chi connectivity index (χ1v) is 6.51. The highest BCUT2D eigenvalue weighted by atomic mass is 32.2. The molecule has 1 rings (SSSR count). The Morgan fingerprint density at radius 2 is 2.00 bits per heavy atom. The Morgan fingerprint density at radius 3 is 2.40 bits per heavy atom. The fourth-order valence-corrected chi connectivity index (χ4v) is 2.52. The molecule has 2 N–H and O–H groups in total. The zero-order valence-electron chi connectivity index (χ0n) is 9.96. The SMILES string of the molecule is CC(C)(O)C(C)(C)NC(=O)C1CCSC1. The smallest absolute Gasteiger partial charge is 0.224 e. The van der Waals surface area contributed by atoms with Gasteiger partial charge < -0.3 is 10.4 Å². The van der Waals surface area contributed by atoms with E-state index in [1.807, 2.05) is 25.6 Å². The summed E-state index contributed by atoms with van der Waals surface area (Å²) in [6.07, 6.45) is 0.957. The number of rotatable bonds is 3. The summed E-state index contributed by atoms with van der Waals surface area (Å²) in [5.41, 5.74) is -1.49. The van der Waals surface area contributed by atoms with Crippen molar-refractivity contribution in [3.63, 3.8) is 0 Å². The van der Waals surface area contributed by atoms with Crippen molar-refractivity contribution < 1.29 is 9.90 Å². The molecule has 0 aromatic heterocycles. The average molecular weight is 231 g/mol. The quantitative estimate of drug-likeness (QED) is 0.772. The summed E-state index contributed by atoms with van der Waals surface area (Å²) in [4.78, 5) is 11.9. The Labute approximate surface area is 96.0 Å². The fraction of sp³-hybridized carbons (Fsp3) is 0.909. The molecule has 1 fully saturated rings. The highest BCUT2D eigenvalue weighted by Crippen LogP contribution is 2.26. The van der Waals surface area contributed by atoms with Crippen LogP contribution in [0.15, 0.2) is 0 Å². The van der Waals surface area contributed by atoms with E-state index in [4.69, 9.17) is 0 Å². The zero-order valence-corrected chi connectivity index (χ0v) is 10.8. The molecule has 3 nitrogen and oxygen atoms in total. The largest absolute Gasteiger partial charge is 0.388 e. The Kier molecular flexibility index (Phi) is 3.71. The molecule has 0 spiro atoms. The van der Waals surface area contributed by atoms with E-state index in [9.17, 15) is 9.90 Å². The first-order valence-electron chi connectivity index (χ1n) is 5.36. The minimum atomic E-state index is -0.908. The second kappa shape index (κ2) is 4.34. The molecule has 1 heterocycles. The lowest BCUT2D eigenvalue weighted by Gasteiger charge is -2.38. The van der Waals surface area contributed by atoms with Gasteiger partial charge in [-0.1, -0.05) is 0 Å². The lowest BCUT2D eigenvalue weighted by Crippen LogP contribution is -2.58. The van der Waals surface area contributed by atoms with Crippen LogP contribution in [0.1, 0.15) is 34.1 Å². The lowest BCUT2D eigenvalue weighted by molar-refractivity contribution is -0.129. The van der Waals surface area contributed by atoms with Crippen molar-refractivity contribution in [1.29, 1.82) is 0 Å². The lowest BCUT2D eigenvalue weighted by atomic mass is 9.85. The van der Waals surface area contributed by atoms with Crippen LogP contribution in [0.4, 0.5) is 0 Å². The van der Waals surface area contributed by atoms with Gasteiger partial charge >= 0.3 is 0 Å². The van der Waals surface area contributed by atoms with Gasteiger partial charge in [-0.2, -0.15) is 11.8 Å². The van der Waals surface area contributed by atoms with Crippen LogP contribution in [0.5, 0.6) is 0 Å². The van der Waals surface area contributed by atoms with E-state index in [1.54, 1.807) is 13.8 Å². The van der Waals surface area contributed by atoms with Crippen molar-refractivity contribution >= 4 is 17.7 Å². The molecule has 1 unspecified atom stereocenters. The second-order valence-corrected chi connectivity index (χ2v) is 6.38. The Bertz CT molecular complexity index is 239. The molecule has 0 saturated carbocycles. The van der Waals surface area contributed by atoms with E-state index in [0.717, 1.165) is 17.9 Å². The Balaban J connectivity index is 2.57. The van der Waals surface area contributed by atoms with Gasteiger partial charge in [0.25, 0.3) is 0 Å². The van der Waals surface area contributed by atoms with Gasteiger partial charge in [-0.05, 0) is 39.9 Å². The van der Waals surface area contributed by atoms with Gasteiger partial charge in [0.1, 0.15) is 0 Å². The number of hydrogen-bond donors (Lipinski definition) is 2. The molecule has 0 aromatic carbocycles. The van der Waals surface area contributed by atoms with Crippen LogP contribution in [-0.2, 0) is 4.79 Å². The third-order valence-electron chi connectivity index (χ3n) is 3.27. The summed E-state index contributed by atoms with van der Waals surface area (Å²) in [7, 11) is 0. The standard InChI is InChI=1S/C11H21NO2S/c1-10(2,11(3,4)14)12-9(13)8-5-6-15-7-8/h8,14H,5-7H2,1-4H3,(H,12,13). The summed E-state index contributed by atoms with van der Waals surface area (Å²) < 4.78 is 0. The van der Waals surface area contributed by atoms with E-state index in [0.29, 0.717) is 0 Å². The van der Waals surface area contributed by atoms with Gasteiger partial charge in [-0.25, -0.2) is 0 Å². The van der Waals surface area contributed by atoms with Crippen LogP contribution in [0.3, 0.4) is 0 Å². The van der Waals surface area contributed by atoms with Crippen LogP contribution in [0.2, 0.25) is 0 Å². The highest BCUT2D eigenvalue weighted by Gasteiger charge is 2.38. The maximum Gasteiger partial charge on any atom is 0.224 e. The van der Waals surface area contributed by atoms with Crippen LogP contribution >= 0.6 is 11.8 Å². The average Bonchev–Trinajstić information content (AvgIpc) is 2.51. The number of aliphatic hydroxyl groups is 1. The molecule has 0 bridgehead atoms. The van der Waals surface area contributed by atoms with Crippen molar-refractivity contribution in [2.24, 2.45) is 5.92 Å². The van der Waals surface area contributed by atoms with Crippen molar-refractivity contribution in [3.8, 4) is 0 Å². The predicted molar refractivity (Wildman–Crippen MR) is 64.0 cm³/mol. The van der Waals surface area contributed by atoms with Gasteiger partial charge in [0, 0.05) is 11.7 Å². The van der Waals surface area contributed by atoms with E-state index in [-0.39, 0.29) is 11.8 Å². The molecule has 88 valence electrons. The molecular weight excluding hydrogens is 210 g/mol. The topological polar surface area (TPSA) is 49.3 Å². The Morgan fingerprint density at radius 1 is 1.40 bits per heavy atom. The minimum absolute atomic E-state index is 0.0760. The zero-order chi connectivity index (χ0) is 11.7. The molecular formula is C11H21NO2S. The first-order chi connectivity index (χ1) is 6.74. The molecule has 1 atom stereocenters. The summed E-state index contributed by atoms with van der Waals surface area (Å²) in [6, 6.07) is 0. The number of hydrogen-bond acceptors (Lipinski definition) is 3. The monoisotopic (exact) mass is 231 g/mol. The maximum atomic E-state index is 11.9. The molecule has 1 aliphatic rings. The van der Waals surface area contributed by atoms with Crippen molar-refractivity contribution in [2.75, 3.05) is 11.5 Å². The van der Waals surface area contributed by atoms with Gasteiger partial charge in [0.2, 0.25) is 5.91 Å². The first kappa shape index (κ1) is 12.8. The number of thioether (sulfide) groups is 1. The summed E-state index contributed by atoms with van der Waals surface area (Å²) >= 11 is 1.82. The van der Waals surface area contributed by atoms with Gasteiger partial charge in [-0.3, -0.25) is 4.79 Å². The molecule has 1 amide bonds. The van der Waals surface area contributed by atoms with Gasteiger partial charge in [0.05, 0.1) is 11.1 Å². The normalized spacial score (nSPS) is 22.9. The highest BCUT2D eigenvalue weighted by molar-refractivity contribution is 7.99. The van der Waals surface area contributed by atoms with Gasteiger partial charge in [-0.15, -0.1) is 0 Å². The van der Waals surface area contributed by atoms with Crippen LogP contribution < -0.4 is 5.32 Å². The molecule has 0 radical (unpaired) electrons. The van der Waals surface area contributed by atoms with E-state index >= 15 is 0 Å². The van der Waals surface area contributed by atoms with Crippen LogP contribution in [0, 0.1) is 5.92 Å². The second-order valence-electron chi connectivity index (χ2n) is 5.23. The summed E-state index contributed by atoms with van der Waals surface area (Å²) in [6.45, 7) is 7.15. The number of nitrogens with one attached hydrogen (secondary N) is 1. The van der Waals surface area contributed by atoms with Crippen molar-refractivity contribution in [1.82, 2.24) is 5.32 Å². The summed E-state index contributed by atoms with van der Waals surface area (Å²) in [5, 5.41) is 12.9. The van der Waals surface area contributed by atoms with E-state index in [2.05, 4.69) is 5.32 Å². The summed E-state index contributed by atoms with van der Waals surface area (Å²) in [5.74, 6) is 2.18. The van der Waals surface area contributed by atoms with Crippen molar-refractivity contribution in [3.05, 3.63) is 0 Å². The van der Waals surface area contributed by atoms with Crippen LogP contribution in [-0.4, -0.2) is 33.7 Å². The number of amides is 1. The molecule has 0 aliphatic carbocycles. The number of carbonyl (C=O) groups excluding carboxylic acids is 1. The molecule has 1 aliphatic heterocycles. The Hall–Kier alpha value is -0.220. The van der Waals surface area contributed by atoms with E-state index < -0.39 is 11.1 Å². The molecule has 1 saturated heterocycles. The maximum absolute atomic E-state index is 11.9. The molecule has 4 heteroatoms. The third kappa shape index (κ3) is 3.11. The van der Waals surface area contributed by atoms with Crippen molar-refractivity contribution in [2.45, 2.75) is 45.3 Å².